The molecule has 1 fully saturated rings. The molecule has 0 N–H and O–H groups in total. The van der Waals surface area contributed by atoms with E-state index in [1.807, 2.05) is 6.07 Å². The Kier molecular flexibility index (Phi) is 2.49. The molecule has 3 rings (SSSR count). The second-order valence-electron chi connectivity index (χ2n) is 4.76. The summed E-state index contributed by atoms with van der Waals surface area (Å²) < 4.78 is 0. The van der Waals surface area contributed by atoms with Gasteiger partial charge in [0, 0.05) is 16.7 Å². The lowest BCUT2D eigenvalue weighted by Crippen LogP contribution is -2.28. The average Bonchev–Trinajstić information content (AvgIpc) is 2.59. The second-order valence-corrected chi connectivity index (χ2v) is 5.60. The predicted molar refractivity (Wildman–Crippen MR) is 69.4 cm³/mol. The van der Waals surface area contributed by atoms with Crippen molar-refractivity contribution in [2.45, 2.75) is 37.5 Å². The summed E-state index contributed by atoms with van der Waals surface area (Å²) in [6, 6.07) is 3.82. The SMILES string of the molecule is Clc1cc(Cl)c2c(c1)C1(C=N2)CCCCC1. The van der Waals surface area contributed by atoms with Crippen molar-refractivity contribution in [3.63, 3.8) is 0 Å². The van der Waals surface area contributed by atoms with Gasteiger partial charge in [0.1, 0.15) is 0 Å². The number of aliphatic imine (C=N–C) groups is 1. The Balaban J connectivity index is 2.13. The molecule has 1 saturated carbocycles. The monoisotopic (exact) mass is 253 g/mol. The number of benzene rings is 1. The van der Waals surface area contributed by atoms with Crippen LogP contribution in [0.25, 0.3) is 0 Å². The van der Waals surface area contributed by atoms with Crippen molar-refractivity contribution >= 4 is 35.1 Å². The summed E-state index contributed by atoms with van der Waals surface area (Å²) in [5, 5.41) is 1.40. The molecule has 1 spiro atoms. The first-order valence-corrected chi connectivity index (χ1v) is 6.52. The van der Waals surface area contributed by atoms with Crippen LogP contribution in [-0.2, 0) is 5.41 Å². The van der Waals surface area contributed by atoms with Crippen LogP contribution in [0.1, 0.15) is 37.7 Å². The van der Waals surface area contributed by atoms with Crippen LogP contribution >= 0.6 is 23.2 Å². The zero-order valence-corrected chi connectivity index (χ0v) is 10.5. The molecule has 1 aliphatic carbocycles. The molecule has 0 bridgehead atoms. The zero-order chi connectivity index (χ0) is 11.2. The standard InChI is InChI=1S/C13H13Cl2N/c14-9-6-10-12(11(15)7-9)16-8-13(10)4-2-1-3-5-13/h6-8H,1-5H2. The molecule has 0 radical (unpaired) electrons. The minimum atomic E-state index is 0.127. The summed E-state index contributed by atoms with van der Waals surface area (Å²) >= 11 is 12.3. The van der Waals surface area contributed by atoms with E-state index in [9.17, 15) is 0 Å². The molecule has 0 atom stereocenters. The van der Waals surface area contributed by atoms with E-state index in [-0.39, 0.29) is 5.41 Å². The third kappa shape index (κ3) is 1.49. The summed E-state index contributed by atoms with van der Waals surface area (Å²) in [6.07, 6.45) is 8.34. The van der Waals surface area contributed by atoms with E-state index in [4.69, 9.17) is 23.2 Å². The molecule has 0 saturated heterocycles. The summed E-state index contributed by atoms with van der Waals surface area (Å²) in [5.41, 5.74) is 2.31. The minimum absolute atomic E-state index is 0.127. The maximum absolute atomic E-state index is 6.18. The molecule has 1 aromatic rings. The van der Waals surface area contributed by atoms with E-state index in [1.54, 1.807) is 6.07 Å². The van der Waals surface area contributed by atoms with Crippen LogP contribution in [0.2, 0.25) is 10.0 Å². The number of halogens is 2. The van der Waals surface area contributed by atoms with Crippen molar-refractivity contribution in [2.75, 3.05) is 0 Å². The Morgan fingerprint density at radius 3 is 2.56 bits per heavy atom. The highest BCUT2D eigenvalue weighted by Gasteiger charge is 2.38. The number of fused-ring (bicyclic) bond motifs is 2. The van der Waals surface area contributed by atoms with Gasteiger partial charge in [-0.2, -0.15) is 0 Å². The number of hydrogen-bond donors (Lipinski definition) is 0. The third-order valence-electron chi connectivity index (χ3n) is 3.75. The summed E-state index contributed by atoms with van der Waals surface area (Å²) in [6.45, 7) is 0. The van der Waals surface area contributed by atoms with Crippen molar-refractivity contribution in [1.29, 1.82) is 0 Å². The van der Waals surface area contributed by atoms with E-state index < -0.39 is 0 Å². The van der Waals surface area contributed by atoms with Crippen LogP contribution in [0.15, 0.2) is 17.1 Å². The topological polar surface area (TPSA) is 12.4 Å². The molecule has 84 valence electrons. The van der Waals surface area contributed by atoms with Crippen molar-refractivity contribution < 1.29 is 0 Å². The fourth-order valence-electron chi connectivity index (χ4n) is 2.92. The van der Waals surface area contributed by atoms with Gasteiger partial charge in [0.15, 0.2) is 0 Å². The van der Waals surface area contributed by atoms with E-state index in [0.717, 1.165) is 10.7 Å². The summed E-state index contributed by atoms with van der Waals surface area (Å²) in [7, 11) is 0. The maximum atomic E-state index is 6.18. The number of rotatable bonds is 0. The maximum Gasteiger partial charge on any atom is 0.0854 e. The highest BCUT2D eigenvalue weighted by Crippen LogP contribution is 2.49. The van der Waals surface area contributed by atoms with E-state index in [1.165, 1.54) is 37.7 Å². The lowest BCUT2D eigenvalue weighted by atomic mass is 9.71. The zero-order valence-electron chi connectivity index (χ0n) is 8.97. The highest BCUT2D eigenvalue weighted by atomic mass is 35.5. The van der Waals surface area contributed by atoms with Gasteiger partial charge in [-0.1, -0.05) is 42.5 Å². The first-order valence-electron chi connectivity index (χ1n) is 5.76. The lowest BCUT2D eigenvalue weighted by Gasteiger charge is -2.31. The Bertz CT molecular complexity index is 459. The van der Waals surface area contributed by atoms with E-state index >= 15 is 0 Å². The molecule has 0 unspecified atom stereocenters. The van der Waals surface area contributed by atoms with Crippen LogP contribution < -0.4 is 0 Å². The molecule has 0 amide bonds. The van der Waals surface area contributed by atoms with Crippen molar-refractivity contribution in [3.8, 4) is 0 Å². The minimum Gasteiger partial charge on any atom is -0.258 e. The molecule has 1 nitrogen and oxygen atoms in total. The number of hydrogen-bond acceptors (Lipinski definition) is 1. The van der Waals surface area contributed by atoms with E-state index in [0.29, 0.717) is 5.02 Å². The van der Waals surface area contributed by atoms with Crippen molar-refractivity contribution in [1.82, 2.24) is 0 Å². The largest absolute Gasteiger partial charge is 0.258 e. The first-order chi connectivity index (χ1) is 7.71. The van der Waals surface area contributed by atoms with Crippen LogP contribution in [0, 0.1) is 0 Å². The van der Waals surface area contributed by atoms with Crippen LogP contribution in [0.5, 0.6) is 0 Å². The van der Waals surface area contributed by atoms with E-state index in [2.05, 4.69) is 11.2 Å². The van der Waals surface area contributed by atoms with Gasteiger partial charge in [-0.15, -0.1) is 0 Å². The molecule has 1 aliphatic heterocycles. The molecule has 1 heterocycles. The molecule has 3 heteroatoms. The smallest absolute Gasteiger partial charge is 0.0854 e. The molecule has 16 heavy (non-hydrogen) atoms. The Morgan fingerprint density at radius 1 is 1.06 bits per heavy atom. The second kappa shape index (κ2) is 3.75. The van der Waals surface area contributed by atoms with Crippen molar-refractivity contribution in [2.24, 2.45) is 4.99 Å². The summed E-state index contributed by atoms with van der Waals surface area (Å²) in [5.74, 6) is 0. The molecule has 0 aromatic heterocycles. The molecular weight excluding hydrogens is 241 g/mol. The Morgan fingerprint density at radius 2 is 1.81 bits per heavy atom. The normalized spacial score (nSPS) is 21.4. The van der Waals surface area contributed by atoms with Gasteiger partial charge in [-0.3, -0.25) is 4.99 Å². The average molecular weight is 254 g/mol. The summed E-state index contributed by atoms with van der Waals surface area (Å²) in [4.78, 5) is 4.50. The quantitative estimate of drug-likeness (QED) is 0.623. The molecule has 1 aromatic carbocycles. The van der Waals surface area contributed by atoms with Gasteiger partial charge in [0.05, 0.1) is 10.7 Å². The Hall–Kier alpha value is -0.530. The highest BCUT2D eigenvalue weighted by molar-refractivity contribution is 6.36. The molecular formula is C13H13Cl2N. The van der Waals surface area contributed by atoms with Gasteiger partial charge in [-0.05, 0) is 30.5 Å². The van der Waals surface area contributed by atoms with Gasteiger partial charge in [-0.25, -0.2) is 0 Å². The van der Waals surface area contributed by atoms with Crippen LogP contribution in [-0.4, -0.2) is 6.21 Å². The van der Waals surface area contributed by atoms with Crippen LogP contribution in [0.4, 0.5) is 5.69 Å². The van der Waals surface area contributed by atoms with Crippen molar-refractivity contribution in [3.05, 3.63) is 27.7 Å². The van der Waals surface area contributed by atoms with Gasteiger partial charge >= 0.3 is 0 Å². The first kappa shape index (κ1) is 10.6. The van der Waals surface area contributed by atoms with Crippen LogP contribution in [0.3, 0.4) is 0 Å². The molecule has 2 aliphatic rings. The predicted octanol–water partition coefficient (Wildman–Crippen LogP) is 4.91. The van der Waals surface area contributed by atoms with Gasteiger partial charge in [0.2, 0.25) is 0 Å². The fraction of sp³-hybridized carbons (Fsp3) is 0.462. The number of nitrogens with zero attached hydrogens (tertiary/aromatic N) is 1. The Labute approximate surface area is 105 Å². The van der Waals surface area contributed by atoms with Gasteiger partial charge < -0.3 is 0 Å². The lowest BCUT2D eigenvalue weighted by molar-refractivity contribution is 0.391. The fourth-order valence-corrected chi connectivity index (χ4v) is 3.46. The van der Waals surface area contributed by atoms with Gasteiger partial charge in [0.25, 0.3) is 0 Å². The third-order valence-corrected chi connectivity index (χ3v) is 4.26.